The SMILES string of the molecule is CCNC(=O)c1cc(NCC(CC(C)C)C(=O)O)ccn1. The Morgan fingerprint density at radius 3 is 2.67 bits per heavy atom. The van der Waals surface area contributed by atoms with E-state index in [0.717, 1.165) is 0 Å². The highest BCUT2D eigenvalue weighted by Gasteiger charge is 2.18. The molecule has 1 aromatic rings. The molecular formula is C15H23N3O3. The lowest BCUT2D eigenvalue weighted by atomic mass is 9.97. The van der Waals surface area contributed by atoms with Gasteiger partial charge in [0.05, 0.1) is 5.92 Å². The number of anilines is 1. The lowest BCUT2D eigenvalue weighted by Crippen LogP contribution is -2.25. The number of hydrogen-bond acceptors (Lipinski definition) is 4. The predicted molar refractivity (Wildman–Crippen MR) is 81.3 cm³/mol. The second-order valence-corrected chi connectivity index (χ2v) is 5.33. The number of carboxylic acids is 1. The first-order chi connectivity index (χ1) is 9.93. The number of pyridine rings is 1. The molecule has 1 unspecified atom stereocenters. The first-order valence-corrected chi connectivity index (χ1v) is 7.15. The molecule has 3 N–H and O–H groups in total. The van der Waals surface area contributed by atoms with Gasteiger partial charge in [0.1, 0.15) is 5.69 Å². The summed E-state index contributed by atoms with van der Waals surface area (Å²) in [4.78, 5) is 26.9. The molecule has 0 aliphatic carbocycles. The molecule has 0 aliphatic heterocycles. The van der Waals surface area contributed by atoms with Crippen molar-refractivity contribution in [3.05, 3.63) is 24.0 Å². The number of carbonyl (C=O) groups excluding carboxylic acids is 1. The Kier molecular flexibility index (Phi) is 6.65. The van der Waals surface area contributed by atoms with E-state index in [-0.39, 0.29) is 5.91 Å². The maximum atomic E-state index is 11.7. The van der Waals surface area contributed by atoms with Crippen molar-refractivity contribution in [3.63, 3.8) is 0 Å². The van der Waals surface area contributed by atoms with E-state index in [4.69, 9.17) is 0 Å². The monoisotopic (exact) mass is 293 g/mol. The minimum absolute atomic E-state index is 0.238. The molecule has 1 rings (SSSR count). The fourth-order valence-corrected chi connectivity index (χ4v) is 2.00. The molecule has 0 fully saturated rings. The molecule has 116 valence electrons. The standard InChI is InChI=1S/C15H23N3O3/c1-4-16-14(19)13-8-12(5-6-17-13)18-9-11(15(20)21)7-10(2)3/h5-6,8,10-11H,4,7,9H2,1-3H3,(H,16,19)(H,17,18)(H,20,21). The second kappa shape index (κ2) is 8.24. The average Bonchev–Trinajstić information content (AvgIpc) is 2.43. The third-order valence-electron chi connectivity index (χ3n) is 2.99. The lowest BCUT2D eigenvalue weighted by molar-refractivity contribution is -0.141. The molecule has 1 aromatic heterocycles. The molecule has 0 aliphatic rings. The van der Waals surface area contributed by atoms with E-state index >= 15 is 0 Å². The fourth-order valence-electron chi connectivity index (χ4n) is 2.00. The molecule has 6 heteroatoms. The van der Waals surface area contributed by atoms with E-state index in [2.05, 4.69) is 15.6 Å². The van der Waals surface area contributed by atoms with Gasteiger partial charge < -0.3 is 15.7 Å². The summed E-state index contributed by atoms with van der Waals surface area (Å²) in [5.41, 5.74) is 1.01. The van der Waals surface area contributed by atoms with Crippen molar-refractivity contribution >= 4 is 17.6 Å². The number of amides is 1. The number of aliphatic carboxylic acids is 1. The van der Waals surface area contributed by atoms with Crippen molar-refractivity contribution in [1.82, 2.24) is 10.3 Å². The van der Waals surface area contributed by atoms with Gasteiger partial charge in [0.25, 0.3) is 5.91 Å². The Bertz CT molecular complexity index is 489. The van der Waals surface area contributed by atoms with Crippen LogP contribution in [0.2, 0.25) is 0 Å². The van der Waals surface area contributed by atoms with Crippen LogP contribution in [0, 0.1) is 11.8 Å². The summed E-state index contributed by atoms with van der Waals surface area (Å²) in [7, 11) is 0. The van der Waals surface area contributed by atoms with E-state index < -0.39 is 11.9 Å². The zero-order chi connectivity index (χ0) is 15.8. The normalized spacial score (nSPS) is 12.0. The first-order valence-electron chi connectivity index (χ1n) is 7.15. The van der Waals surface area contributed by atoms with Crippen LogP contribution in [-0.2, 0) is 4.79 Å². The largest absolute Gasteiger partial charge is 0.481 e. The summed E-state index contributed by atoms with van der Waals surface area (Å²) in [5, 5.41) is 14.9. The molecule has 6 nitrogen and oxygen atoms in total. The van der Waals surface area contributed by atoms with E-state index in [1.165, 1.54) is 6.20 Å². The highest BCUT2D eigenvalue weighted by Crippen LogP contribution is 2.14. The van der Waals surface area contributed by atoms with E-state index in [1.54, 1.807) is 12.1 Å². The molecule has 21 heavy (non-hydrogen) atoms. The Morgan fingerprint density at radius 2 is 2.10 bits per heavy atom. The maximum absolute atomic E-state index is 11.7. The van der Waals surface area contributed by atoms with Crippen molar-refractivity contribution in [2.75, 3.05) is 18.4 Å². The molecule has 0 aromatic carbocycles. The molecular weight excluding hydrogens is 270 g/mol. The van der Waals surface area contributed by atoms with Gasteiger partial charge in [0, 0.05) is 25.0 Å². The summed E-state index contributed by atoms with van der Waals surface area (Å²) in [6, 6.07) is 3.34. The summed E-state index contributed by atoms with van der Waals surface area (Å²) in [6.45, 7) is 6.69. The van der Waals surface area contributed by atoms with E-state index in [1.807, 2.05) is 20.8 Å². The van der Waals surface area contributed by atoms with Gasteiger partial charge in [-0.15, -0.1) is 0 Å². The van der Waals surface area contributed by atoms with Crippen LogP contribution in [0.4, 0.5) is 5.69 Å². The maximum Gasteiger partial charge on any atom is 0.308 e. The second-order valence-electron chi connectivity index (χ2n) is 5.33. The third kappa shape index (κ3) is 5.81. The van der Waals surface area contributed by atoms with Gasteiger partial charge in [-0.1, -0.05) is 13.8 Å². The van der Waals surface area contributed by atoms with Crippen LogP contribution in [0.25, 0.3) is 0 Å². The number of nitrogens with zero attached hydrogens (tertiary/aromatic N) is 1. The van der Waals surface area contributed by atoms with Gasteiger partial charge in [-0.2, -0.15) is 0 Å². The Balaban J connectivity index is 2.68. The Hall–Kier alpha value is -2.11. The third-order valence-corrected chi connectivity index (χ3v) is 2.99. The highest BCUT2D eigenvalue weighted by atomic mass is 16.4. The zero-order valence-corrected chi connectivity index (χ0v) is 12.7. The quantitative estimate of drug-likeness (QED) is 0.682. The van der Waals surface area contributed by atoms with Gasteiger partial charge >= 0.3 is 5.97 Å². The predicted octanol–water partition coefficient (Wildman–Crippen LogP) is 1.99. The Labute approximate surface area is 125 Å². The number of carbonyl (C=O) groups is 2. The zero-order valence-electron chi connectivity index (χ0n) is 12.7. The molecule has 1 atom stereocenters. The minimum atomic E-state index is -0.811. The van der Waals surface area contributed by atoms with Gasteiger partial charge in [0.15, 0.2) is 0 Å². The summed E-state index contributed by atoms with van der Waals surface area (Å²) in [5.74, 6) is -1.19. The topological polar surface area (TPSA) is 91.3 Å². The fraction of sp³-hybridized carbons (Fsp3) is 0.533. The van der Waals surface area contributed by atoms with Crippen LogP contribution in [0.3, 0.4) is 0 Å². The van der Waals surface area contributed by atoms with Crippen LogP contribution < -0.4 is 10.6 Å². The van der Waals surface area contributed by atoms with Crippen molar-refractivity contribution in [2.45, 2.75) is 27.2 Å². The van der Waals surface area contributed by atoms with Gasteiger partial charge in [-0.3, -0.25) is 14.6 Å². The minimum Gasteiger partial charge on any atom is -0.481 e. The molecule has 0 spiro atoms. The Morgan fingerprint density at radius 1 is 1.38 bits per heavy atom. The van der Waals surface area contributed by atoms with E-state index in [9.17, 15) is 14.7 Å². The highest BCUT2D eigenvalue weighted by molar-refractivity contribution is 5.93. The van der Waals surface area contributed by atoms with Gasteiger partial charge in [-0.25, -0.2) is 0 Å². The van der Waals surface area contributed by atoms with Crippen LogP contribution >= 0.6 is 0 Å². The van der Waals surface area contributed by atoms with Crippen LogP contribution in [-0.4, -0.2) is 35.1 Å². The van der Waals surface area contributed by atoms with Crippen LogP contribution in [0.15, 0.2) is 18.3 Å². The van der Waals surface area contributed by atoms with Crippen LogP contribution in [0.1, 0.15) is 37.7 Å². The average molecular weight is 293 g/mol. The number of carboxylic acid groups (broad SMARTS) is 1. The van der Waals surface area contributed by atoms with Crippen molar-refractivity contribution in [3.8, 4) is 0 Å². The summed E-state index contributed by atoms with van der Waals surface area (Å²) < 4.78 is 0. The first kappa shape index (κ1) is 16.9. The number of nitrogens with one attached hydrogen (secondary N) is 2. The van der Waals surface area contributed by atoms with Crippen LogP contribution in [0.5, 0.6) is 0 Å². The summed E-state index contributed by atoms with van der Waals surface area (Å²) >= 11 is 0. The lowest BCUT2D eigenvalue weighted by Gasteiger charge is -2.16. The van der Waals surface area contributed by atoms with Gasteiger partial charge in [0.2, 0.25) is 0 Å². The number of aromatic nitrogens is 1. The molecule has 0 saturated heterocycles. The molecule has 0 saturated carbocycles. The molecule has 0 radical (unpaired) electrons. The number of rotatable bonds is 8. The van der Waals surface area contributed by atoms with E-state index in [0.29, 0.717) is 36.8 Å². The van der Waals surface area contributed by atoms with Crippen molar-refractivity contribution in [1.29, 1.82) is 0 Å². The number of hydrogen-bond donors (Lipinski definition) is 3. The van der Waals surface area contributed by atoms with Crippen molar-refractivity contribution < 1.29 is 14.7 Å². The molecule has 1 amide bonds. The van der Waals surface area contributed by atoms with Crippen molar-refractivity contribution in [2.24, 2.45) is 11.8 Å². The van der Waals surface area contributed by atoms with Gasteiger partial charge in [-0.05, 0) is 31.4 Å². The smallest absolute Gasteiger partial charge is 0.308 e. The summed E-state index contributed by atoms with van der Waals surface area (Å²) in [6.07, 6.45) is 2.14. The molecule has 0 bridgehead atoms. The molecule has 1 heterocycles.